The van der Waals surface area contributed by atoms with Crippen molar-refractivity contribution >= 4 is 0 Å². The number of terminal acetylenes is 1. The molecule has 3 unspecified atom stereocenters. The Morgan fingerprint density at radius 3 is 2.71 bits per heavy atom. The number of hydrogen-bond donors (Lipinski definition) is 1. The van der Waals surface area contributed by atoms with Crippen LogP contribution in [0.3, 0.4) is 0 Å². The number of piperazine rings is 1. The van der Waals surface area contributed by atoms with E-state index in [2.05, 4.69) is 53.4 Å². The Morgan fingerprint density at radius 2 is 2.10 bits per heavy atom. The topological polar surface area (TPSA) is 15.3 Å². The monoisotopic (exact) mass is 282 g/mol. The molecule has 0 bridgehead atoms. The fourth-order valence-electron chi connectivity index (χ4n) is 3.63. The van der Waals surface area contributed by atoms with Crippen LogP contribution < -0.4 is 5.32 Å². The van der Waals surface area contributed by atoms with Gasteiger partial charge in [-0.15, -0.1) is 12.3 Å². The zero-order valence-corrected chi connectivity index (χ0v) is 13.0. The van der Waals surface area contributed by atoms with E-state index in [9.17, 15) is 0 Å². The van der Waals surface area contributed by atoms with Gasteiger partial charge in [0.1, 0.15) is 0 Å². The Kier molecular flexibility index (Phi) is 4.63. The third-order valence-corrected chi connectivity index (χ3v) is 5.05. The summed E-state index contributed by atoms with van der Waals surface area (Å²) in [4.78, 5) is 2.68. The molecular weight excluding hydrogens is 256 g/mol. The standard InChI is InChI=1S/C19H26N2/c1-3-8-17(4-2)21-14-18(15-11-12-15)20-13-19(21)16-9-6-5-7-10-16/h1,5-7,9-10,15,17-20H,4,8,11-14H2,2H3. The molecule has 0 amide bonds. The van der Waals surface area contributed by atoms with Crippen molar-refractivity contribution in [3.8, 4) is 12.3 Å². The minimum atomic E-state index is 0.458. The first kappa shape index (κ1) is 14.6. The third-order valence-electron chi connectivity index (χ3n) is 5.05. The van der Waals surface area contributed by atoms with Crippen LogP contribution in [0.5, 0.6) is 0 Å². The van der Waals surface area contributed by atoms with Gasteiger partial charge in [-0.25, -0.2) is 0 Å². The van der Waals surface area contributed by atoms with Crippen molar-refractivity contribution in [1.29, 1.82) is 0 Å². The summed E-state index contributed by atoms with van der Waals surface area (Å²) in [6, 6.07) is 12.5. The Labute approximate surface area is 128 Å². The average Bonchev–Trinajstić information content (AvgIpc) is 3.38. The molecule has 2 aliphatic rings. The molecule has 1 saturated carbocycles. The second-order valence-electron chi connectivity index (χ2n) is 6.45. The zero-order valence-electron chi connectivity index (χ0n) is 13.0. The first-order valence-corrected chi connectivity index (χ1v) is 8.31. The highest BCUT2D eigenvalue weighted by Gasteiger charge is 2.39. The summed E-state index contributed by atoms with van der Waals surface area (Å²) < 4.78 is 0. The number of benzene rings is 1. The van der Waals surface area contributed by atoms with Gasteiger partial charge >= 0.3 is 0 Å². The first-order chi connectivity index (χ1) is 10.3. The maximum Gasteiger partial charge on any atom is 0.0476 e. The molecule has 2 nitrogen and oxygen atoms in total. The third kappa shape index (κ3) is 3.31. The largest absolute Gasteiger partial charge is 0.311 e. The summed E-state index contributed by atoms with van der Waals surface area (Å²) in [7, 11) is 0. The van der Waals surface area contributed by atoms with Gasteiger partial charge < -0.3 is 5.32 Å². The van der Waals surface area contributed by atoms with Gasteiger partial charge in [0.2, 0.25) is 0 Å². The predicted molar refractivity (Wildman–Crippen MR) is 87.9 cm³/mol. The lowest BCUT2D eigenvalue weighted by molar-refractivity contribution is 0.0746. The molecule has 1 aromatic carbocycles. The minimum absolute atomic E-state index is 0.458. The molecule has 112 valence electrons. The van der Waals surface area contributed by atoms with Crippen LogP contribution >= 0.6 is 0 Å². The molecule has 2 heteroatoms. The van der Waals surface area contributed by atoms with Crippen LogP contribution in [0, 0.1) is 18.3 Å². The van der Waals surface area contributed by atoms with E-state index < -0.39 is 0 Å². The number of rotatable bonds is 5. The van der Waals surface area contributed by atoms with Gasteiger partial charge in [-0.05, 0) is 30.7 Å². The smallest absolute Gasteiger partial charge is 0.0476 e. The lowest BCUT2D eigenvalue weighted by Gasteiger charge is -2.44. The van der Waals surface area contributed by atoms with Crippen LogP contribution in [-0.4, -0.2) is 30.1 Å². The van der Waals surface area contributed by atoms with Crippen molar-refractivity contribution in [3.05, 3.63) is 35.9 Å². The van der Waals surface area contributed by atoms with Gasteiger partial charge in [0.25, 0.3) is 0 Å². The molecule has 0 radical (unpaired) electrons. The Morgan fingerprint density at radius 1 is 1.33 bits per heavy atom. The van der Waals surface area contributed by atoms with Gasteiger partial charge in [0.05, 0.1) is 0 Å². The molecule has 0 aromatic heterocycles. The molecule has 1 aliphatic carbocycles. The molecule has 3 atom stereocenters. The molecule has 1 N–H and O–H groups in total. The van der Waals surface area contributed by atoms with Crippen LogP contribution in [0.1, 0.15) is 44.2 Å². The highest BCUT2D eigenvalue weighted by atomic mass is 15.3. The Balaban J connectivity index is 1.81. The number of hydrogen-bond acceptors (Lipinski definition) is 2. The molecule has 0 spiro atoms. The molecule has 1 heterocycles. The summed E-state index contributed by atoms with van der Waals surface area (Å²) in [6.45, 7) is 4.45. The second kappa shape index (κ2) is 6.64. The van der Waals surface area contributed by atoms with Crippen LogP contribution in [0.4, 0.5) is 0 Å². The van der Waals surface area contributed by atoms with E-state index in [1.807, 2.05) is 0 Å². The normalized spacial score (nSPS) is 28.0. The lowest BCUT2D eigenvalue weighted by atomic mass is 9.95. The minimum Gasteiger partial charge on any atom is -0.311 e. The SMILES string of the molecule is C#CCC(CC)N1CC(C2CC2)NCC1c1ccccc1. The van der Waals surface area contributed by atoms with E-state index in [4.69, 9.17) is 6.42 Å². The van der Waals surface area contributed by atoms with Crippen LogP contribution in [-0.2, 0) is 0 Å². The molecular formula is C19H26N2. The highest BCUT2D eigenvalue weighted by Crippen LogP contribution is 2.37. The van der Waals surface area contributed by atoms with E-state index in [-0.39, 0.29) is 0 Å². The maximum absolute atomic E-state index is 5.61. The Hall–Kier alpha value is -1.30. The highest BCUT2D eigenvalue weighted by molar-refractivity contribution is 5.21. The summed E-state index contributed by atoms with van der Waals surface area (Å²) in [6.07, 6.45) is 10.4. The zero-order chi connectivity index (χ0) is 14.7. The van der Waals surface area contributed by atoms with Crippen molar-refractivity contribution in [2.45, 2.75) is 50.7 Å². The van der Waals surface area contributed by atoms with Gasteiger partial charge in [-0.2, -0.15) is 0 Å². The molecule has 1 saturated heterocycles. The van der Waals surface area contributed by atoms with Gasteiger partial charge in [0.15, 0.2) is 0 Å². The van der Waals surface area contributed by atoms with Crippen LogP contribution in [0.2, 0.25) is 0 Å². The van der Waals surface area contributed by atoms with Crippen LogP contribution in [0.15, 0.2) is 30.3 Å². The fourth-order valence-corrected chi connectivity index (χ4v) is 3.63. The van der Waals surface area contributed by atoms with Crippen molar-refractivity contribution in [2.75, 3.05) is 13.1 Å². The van der Waals surface area contributed by atoms with Crippen molar-refractivity contribution in [1.82, 2.24) is 10.2 Å². The van der Waals surface area contributed by atoms with E-state index in [0.29, 0.717) is 18.1 Å². The molecule has 3 rings (SSSR count). The second-order valence-corrected chi connectivity index (χ2v) is 6.45. The average molecular weight is 282 g/mol. The van der Waals surface area contributed by atoms with Crippen molar-refractivity contribution in [2.24, 2.45) is 5.92 Å². The van der Waals surface area contributed by atoms with Crippen LogP contribution in [0.25, 0.3) is 0 Å². The van der Waals surface area contributed by atoms with Gasteiger partial charge in [-0.1, -0.05) is 37.3 Å². The van der Waals surface area contributed by atoms with E-state index >= 15 is 0 Å². The molecule has 1 aliphatic heterocycles. The van der Waals surface area contributed by atoms with E-state index in [0.717, 1.165) is 31.8 Å². The molecule has 1 aromatic rings. The number of nitrogens with one attached hydrogen (secondary N) is 1. The summed E-state index contributed by atoms with van der Waals surface area (Å²) >= 11 is 0. The molecule has 2 fully saturated rings. The lowest BCUT2D eigenvalue weighted by Crippen LogP contribution is -2.56. The summed E-state index contributed by atoms with van der Waals surface area (Å²) in [5.74, 6) is 3.78. The molecule has 21 heavy (non-hydrogen) atoms. The summed E-state index contributed by atoms with van der Waals surface area (Å²) in [5.41, 5.74) is 1.41. The van der Waals surface area contributed by atoms with E-state index in [1.165, 1.54) is 18.4 Å². The maximum atomic E-state index is 5.61. The van der Waals surface area contributed by atoms with Crippen molar-refractivity contribution < 1.29 is 0 Å². The van der Waals surface area contributed by atoms with Crippen molar-refractivity contribution in [3.63, 3.8) is 0 Å². The first-order valence-electron chi connectivity index (χ1n) is 8.31. The number of nitrogens with zero attached hydrogens (tertiary/aromatic N) is 1. The van der Waals surface area contributed by atoms with E-state index in [1.54, 1.807) is 0 Å². The fraction of sp³-hybridized carbons (Fsp3) is 0.579. The Bertz CT molecular complexity index is 486. The summed E-state index contributed by atoms with van der Waals surface area (Å²) in [5, 5.41) is 3.79. The predicted octanol–water partition coefficient (Wildman–Crippen LogP) is 3.21. The quantitative estimate of drug-likeness (QED) is 0.834. The van der Waals surface area contributed by atoms with Gasteiger partial charge in [0, 0.05) is 37.6 Å². The van der Waals surface area contributed by atoms with Gasteiger partial charge in [-0.3, -0.25) is 4.90 Å².